The highest BCUT2D eigenvalue weighted by Crippen LogP contribution is 2.23. The van der Waals surface area contributed by atoms with Gasteiger partial charge in [-0.2, -0.15) is 0 Å². The second-order valence-corrected chi connectivity index (χ2v) is 7.33. The number of nitrogens with zero attached hydrogens (tertiary/aromatic N) is 5. The van der Waals surface area contributed by atoms with E-state index in [1.54, 1.807) is 13.2 Å². The van der Waals surface area contributed by atoms with E-state index >= 15 is 0 Å². The third kappa shape index (κ3) is 3.60. The number of pyridine rings is 1. The Labute approximate surface area is 169 Å². The molecule has 7 nitrogen and oxygen atoms in total. The third-order valence-corrected chi connectivity index (χ3v) is 5.61. The van der Waals surface area contributed by atoms with Crippen molar-refractivity contribution in [3.05, 3.63) is 64.6 Å². The molecule has 1 unspecified atom stereocenters. The molecule has 1 aliphatic rings. The lowest BCUT2D eigenvalue weighted by atomic mass is 9.95. The number of carbonyl (C=O) groups is 1. The summed E-state index contributed by atoms with van der Waals surface area (Å²) in [5.74, 6) is 0.456. The molecule has 0 aliphatic carbocycles. The Morgan fingerprint density at radius 1 is 1.07 bits per heavy atom. The first-order valence-corrected chi connectivity index (χ1v) is 10.0. The highest BCUT2D eigenvalue weighted by Gasteiger charge is 2.29. The van der Waals surface area contributed by atoms with E-state index in [1.165, 1.54) is 4.57 Å². The molecule has 0 N–H and O–H groups in total. The number of aromatic nitrogens is 3. The summed E-state index contributed by atoms with van der Waals surface area (Å²) in [5, 5.41) is 0. The Morgan fingerprint density at radius 2 is 1.79 bits per heavy atom. The second kappa shape index (κ2) is 8.03. The molecule has 7 heteroatoms. The van der Waals surface area contributed by atoms with Crippen molar-refractivity contribution in [1.82, 2.24) is 19.4 Å². The molecule has 0 radical (unpaired) electrons. The third-order valence-electron chi connectivity index (χ3n) is 5.61. The summed E-state index contributed by atoms with van der Waals surface area (Å²) in [5.41, 5.74) is 2.16. The van der Waals surface area contributed by atoms with Crippen molar-refractivity contribution in [2.45, 2.75) is 19.3 Å². The number of piperazine rings is 1. The van der Waals surface area contributed by atoms with E-state index in [0.29, 0.717) is 43.2 Å². The van der Waals surface area contributed by atoms with Crippen LogP contribution >= 0.6 is 0 Å². The number of aryl methyl sites for hydroxylation is 1. The lowest BCUT2D eigenvalue weighted by Crippen LogP contribution is -2.51. The molecule has 0 bridgehead atoms. The first kappa shape index (κ1) is 19.1. The van der Waals surface area contributed by atoms with Gasteiger partial charge in [-0.15, -0.1) is 0 Å². The molecule has 1 aromatic carbocycles. The van der Waals surface area contributed by atoms with E-state index in [1.807, 2.05) is 59.2 Å². The Morgan fingerprint density at radius 3 is 2.48 bits per heavy atom. The lowest BCUT2D eigenvalue weighted by Gasteiger charge is -2.36. The van der Waals surface area contributed by atoms with Crippen molar-refractivity contribution in [1.29, 1.82) is 0 Å². The maximum atomic E-state index is 13.1. The minimum Gasteiger partial charge on any atom is -0.348 e. The van der Waals surface area contributed by atoms with Crippen LogP contribution in [0.5, 0.6) is 0 Å². The summed E-state index contributed by atoms with van der Waals surface area (Å²) in [7, 11) is 1.72. The highest BCUT2D eigenvalue weighted by atomic mass is 16.2. The van der Waals surface area contributed by atoms with Gasteiger partial charge in [0.25, 0.3) is 5.56 Å². The van der Waals surface area contributed by atoms with Crippen molar-refractivity contribution in [3.8, 4) is 0 Å². The molecule has 3 aromatic rings. The molecule has 0 saturated carbocycles. The van der Waals surface area contributed by atoms with Crippen molar-refractivity contribution in [2.24, 2.45) is 7.05 Å². The van der Waals surface area contributed by atoms with Crippen molar-refractivity contribution in [3.63, 3.8) is 0 Å². The molecule has 3 heterocycles. The number of carbonyl (C=O) groups excluding carboxylic acids is 1. The molecule has 1 fully saturated rings. The van der Waals surface area contributed by atoms with Gasteiger partial charge in [-0.1, -0.05) is 37.3 Å². The largest absolute Gasteiger partial charge is 0.348 e. The van der Waals surface area contributed by atoms with Gasteiger partial charge >= 0.3 is 0 Å². The van der Waals surface area contributed by atoms with E-state index in [-0.39, 0.29) is 17.4 Å². The summed E-state index contributed by atoms with van der Waals surface area (Å²) in [6.45, 7) is 4.38. The van der Waals surface area contributed by atoms with Crippen molar-refractivity contribution in [2.75, 3.05) is 31.1 Å². The van der Waals surface area contributed by atoms with Crippen LogP contribution in [-0.2, 0) is 11.8 Å². The smallest absolute Gasteiger partial charge is 0.294 e. The Kier molecular flexibility index (Phi) is 5.29. The molecule has 29 heavy (non-hydrogen) atoms. The molecule has 0 spiro atoms. The summed E-state index contributed by atoms with van der Waals surface area (Å²) >= 11 is 0. The van der Waals surface area contributed by atoms with E-state index in [2.05, 4.69) is 9.97 Å². The molecular weight excluding hydrogens is 366 g/mol. The van der Waals surface area contributed by atoms with E-state index < -0.39 is 0 Å². The second-order valence-electron chi connectivity index (χ2n) is 7.33. The predicted octanol–water partition coefficient (Wildman–Crippen LogP) is 2.17. The molecule has 4 rings (SSSR count). The zero-order valence-electron chi connectivity index (χ0n) is 16.8. The lowest BCUT2D eigenvalue weighted by molar-refractivity contribution is -0.133. The van der Waals surface area contributed by atoms with Gasteiger partial charge in [0.05, 0.1) is 5.92 Å². The van der Waals surface area contributed by atoms with Gasteiger partial charge in [0.15, 0.2) is 11.5 Å². The molecule has 1 amide bonds. The summed E-state index contributed by atoms with van der Waals surface area (Å²) in [6.07, 6.45) is 2.42. The van der Waals surface area contributed by atoms with Crippen LogP contribution < -0.4 is 10.5 Å². The molecular formula is C22H25N5O2. The highest BCUT2D eigenvalue weighted by molar-refractivity contribution is 5.84. The van der Waals surface area contributed by atoms with Gasteiger partial charge in [0.1, 0.15) is 5.52 Å². The first-order valence-electron chi connectivity index (χ1n) is 10.0. The van der Waals surface area contributed by atoms with Crippen molar-refractivity contribution < 1.29 is 4.79 Å². The fraction of sp³-hybridized carbons (Fsp3) is 0.364. The minimum absolute atomic E-state index is 0.125. The number of anilines is 1. The van der Waals surface area contributed by atoms with Crippen LogP contribution in [0.3, 0.4) is 0 Å². The average Bonchev–Trinajstić information content (AvgIpc) is 2.77. The van der Waals surface area contributed by atoms with Crippen LogP contribution in [0.4, 0.5) is 5.82 Å². The van der Waals surface area contributed by atoms with E-state index in [9.17, 15) is 9.59 Å². The predicted molar refractivity (Wildman–Crippen MR) is 113 cm³/mol. The molecule has 150 valence electrons. The minimum atomic E-state index is -0.160. The molecule has 1 atom stereocenters. The monoisotopic (exact) mass is 391 g/mol. The van der Waals surface area contributed by atoms with Crippen molar-refractivity contribution >= 4 is 22.9 Å². The van der Waals surface area contributed by atoms with Gasteiger partial charge < -0.3 is 9.80 Å². The SMILES string of the molecule is CCC(C(=O)N1CCN(c2nc3cccnc3n(C)c2=O)CC1)c1ccccc1. The topological polar surface area (TPSA) is 71.3 Å². The van der Waals surface area contributed by atoms with Crippen LogP contribution in [0.2, 0.25) is 0 Å². The molecule has 2 aromatic heterocycles. The van der Waals surface area contributed by atoms with Crippen LogP contribution in [-0.4, -0.2) is 51.5 Å². The van der Waals surface area contributed by atoms with E-state index in [4.69, 9.17) is 0 Å². The summed E-state index contributed by atoms with van der Waals surface area (Å²) in [4.78, 5) is 38.5. The van der Waals surface area contributed by atoms with Crippen LogP contribution in [0.25, 0.3) is 11.2 Å². The maximum Gasteiger partial charge on any atom is 0.294 e. The van der Waals surface area contributed by atoms with Crippen LogP contribution in [0, 0.1) is 0 Å². The molecule has 1 aliphatic heterocycles. The van der Waals surface area contributed by atoms with Gasteiger partial charge in [-0.25, -0.2) is 9.97 Å². The zero-order valence-corrected chi connectivity index (χ0v) is 16.8. The Hall–Kier alpha value is -3.22. The zero-order chi connectivity index (χ0) is 20.4. The fourth-order valence-corrected chi connectivity index (χ4v) is 3.95. The summed E-state index contributed by atoms with van der Waals surface area (Å²) in [6, 6.07) is 13.6. The van der Waals surface area contributed by atoms with Gasteiger partial charge in [-0.05, 0) is 24.1 Å². The first-order chi connectivity index (χ1) is 14.1. The quantitative estimate of drug-likeness (QED) is 0.682. The number of benzene rings is 1. The van der Waals surface area contributed by atoms with Crippen LogP contribution in [0.1, 0.15) is 24.8 Å². The normalized spacial score (nSPS) is 15.5. The van der Waals surface area contributed by atoms with E-state index in [0.717, 1.165) is 12.0 Å². The fourth-order valence-electron chi connectivity index (χ4n) is 3.95. The summed E-state index contributed by atoms with van der Waals surface area (Å²) < 4.78 is 1.54. The molecule has 1 saturated heterocycles. The maximum absolute atomic E-state index is 13.1. The number of hydrogen-bond donors (Lipinski definition) is 0. The van der Waals surface area contributed by atoms with Gasteiger partial charge in [0.2, 0.25) is 5.91 Å². The average molecular weight is 391 g/mol. The van der Waals surface area contributed by atoms with Crippen LogP contribution in [0.15, 0.2) is 53.5 Å². The standard InChI is InChI=1S/C22H25N5O2/c1-3-17(16-8-5-4-6-9-16)21(28)27-14-12-26(13-15-27)20-22(29)25(2)19-18(24-20)10-7-11-23-19/h4-11,17H,3,12-15H2,1-2H3. The van der Waals surface area contributed by atoms with Gasteiger partial charge in [0, 0.05) is 39.4 Å². The number of amides is 1. The Balaban J connectivity index is 1.51. The number of hydrogen-bond acceptors (Lipinski definition) is 5. The van der Waals surface area contributed by atoms with Gasteiger partial charge in [-0.3, -0.25) is 14.2 Å². The number of fused-ring (bicyclic) bond motifs is 1. The number of rotatable bonds is 4. The Bertz CT molecular complexity index is 1070.